The number of benzene rings is 1. The molecule has 1 aromatic carbocycles. The highest BCUT2D eigenvalue weighted by Gasteiger charge is 2.16. The van der Waals surface area contributed by atoms with E-state index in [-0.39, 0.29) is 12.3 Å². The van der Waals surface area contributed by atoms with Gasteiger partial charge >= 0.3 is 5.97 Å². The minimum atomic E-state index is -0.773. The first-order valence-corrected chi connectivity index (χ1v) is 10.7. The maximum Gasteiger partial charge on any atom is 0.303 e. The van der Waals surface area contributed by atoms with Gasteiger partial charge in [0, 0.05) is 36.7 Å². The van der Waals surface area contributed by atoms with Crippen molar-refractivity contribution in [2.45, 2.75) is 39.0 Å². The number of nitrogens with zero attached hydrogens (tertiary/aromatic N) is 3. The molecular formula is C25H30N4O3. The molecule has 2 N–H and O–H groups in total. The van der Waals surface area contributed by atoms with Crippen LogP contribution in [0.1, 0.15) is 49.4 Å². The summed E-state index contributed by atoms with van der Waals surface area (Å²) in [4.78, 5) is 33.6. The molecule has 0 aliphatic rings. The Morgan fingerprint density at radius 1 is 1.09 bits per heavy atom. The van der Waals surface area contributed by atoms with Gasteiger partial charge in [-0.2, -0.15) is 0 Å². The van der Waals surface area contributed by atoms with Crippen molar-refractivity contribution in [1.82, 2.24) is 15.3 Å². The van der Waals surface area contributed by atoms with Crippen LogP contribution in [-0.4, -0.2) is 33.5 Å². The smallest absolute Gasteiger partial charge is 0.303 e. The molecule has 168 valence electrons. The Bertz CT molecular complexity index is 937. The fraction of sp³-hybridized carbons (Fsp3) is 0.280. The second kappa shape index (κ2) is 13.5. The van der Waals surface area contributed by atoms with Crippen molar-refractivity contribution < 1.29 is 14.7 Å². The van der Waals surface area contributed by atoms with Crippen molar-refractivity contribution in [3.05, 3.63) is 84.9 Å². The van der Waals surface area contributed by atoms with Crippen molar-refractivity contribution in [2.75, 3.05) is 11.4 Å². The Hall–Kier alpha value is -3.74. The molecule has 0 bridgehead atoms. The Kier molecular flexibility index (Phi) is 10.4. The highest BCUT2D eigenvalue weighted by molar-refractivity contribution is 5.93. The van der Waals surface area contributed by atoms with E-state index in [2.05, 4.69) is 21.9 Å². The number of hydrogen-bond donors (Lipinski definition) is 2. The number of carbonyl (C=O) groups is 2. The minimum absolute atomic E-state index is 0.188. The normalized spacial score (nSPS) is 11.3. The zero-order valence-corrected chi connectivity index (χ0v) is 18.4. The molecule has 7 nitrogen and oxygen atoms in total. The maximum atomic E-state index is 12.4. The Morgan fingerprint density at radius 2 is 1.78 bits per heavy atom. The van der Waals surface area contributed by atoms with E-state index in [1.165, 1.54) is 12.4 Å². The van der Waals surface area contributed by atoms with Crippen LogP contribution in [0.15, 0.2) is 79.3 Å². The number of nitrogens with one attached hydrogen (secondary N) is 1. The molecule has 0 unspecified atom stereocenters. The summed E-state index contributed by atoms with van der Waals surface area (Å²) in [5.41, 5.74) is 2.06. The average molecular weight is 435 g/mol. The zero-order valence-electron chi connectivity index (χ0n) is 18.4. The lowest BCUT2D eigenvalue weighted by atomic mass is 10.1. The fourth-order valence-electron chi connectivity index (χ4n) is 3.00. The van der Waals surface area contributed by atoms with Gasteiger partial charge in [0.25, 0.3) is 5.91 Å². The lowest BCUT2D eigenvalue weighted by Gasteiger charge is -2.23. The van der Waals surface area contributed by atoms with Crippen LogP contribution in [0.5, 0.6) is 0 Å². The third-order valence-electron chi connectivity index (χ3n) is 4.64. The number of carboxylic acids is 1. The van der Waals surface area contributed by atoms with Crippen molar-refractivity contribution in [3.63, 3.8) is 0 Å². The van der Waals surface area contributed by atoms with Gasteiger partial charge in [0.15, 0.2) is 0 Å². The number of amides is 1. The Balaban J connectivity index is 2.03. The maximum absolute atomic E-state index is 12.4. The van der Waals surface area contributed by atoms with Crippen LogP contribution in [0.25, 0.3) is 0 Å². The predicted octanol–water partition coefficient (Wildman–Crippen LogP) is 5.03. The van der Waals surface area contributed by atoms with Gasteiger partial charge in [-0.1, -0.05) is 49.8 Å². The van der Waals surface area contributed by atoms with Crippen molar-refractivity contribution in [1.29, 1.82) is 0 Å². The number of carbonyl (C=O) groups excluding carboxylic acids is 1. The molecule has 0 aliphatic carbocycles. The lowest BCUT2D eigenvalue weighted by molar-refractivity contribution is -0.137. The molecule has 7 heteroatoms. The summed E-state index contributed by atoms with van der Waals surface area (Å²) in [5, 5.41) is 11.5. The van der Waals surface area contributed by atoms with Crippen LogP contribution < -0.4 is 10.2 Å². The fourth-order valence-corrected chi connectivity index (χ4v) is 3.00. The van der Waals surface area contributed by atoms with E-state index in [4.69, 9.17) is 5.11 Å². The Morgan fingerprint density at radius 3 is 2.41 bits per heavy atom. The lowest BCUT2D eigenvalue weighted by Crippen LogP contribution is -2.25. The topological polar surface area (TPSA) is 95.4 Å². The monoisotopic (exact) mass is 434 g/mol. The number of hydrogen-bond acceptors (Lipinski definition) is 5. The number of rotatable bonds is 13. The number of aliphatic carboxylic acids is 1. The van der Waals surface area contributed by atoms with E-state index in [0.717, 1.165) is 30.6 Å². The third kappa shape index (κ3) is 7.83. The van der Waals surface area contributed by atoms with Crippen LogP contribution >= 0.6 is 0 Å². The summed E-state index contributed by atoms with van der Waals surface area (Å²) in [5.74, 6) is -0.575. The van der Waals surface area contributed by atoms with Gasteiger partial charge in [0.2, 0.25) is 5.95 Å². The molecule has 0 saturated carbocycles. The quantitative estimate of drug-likeness (QED) is 0.339. The highest BCUT2D eigenvalue weighted by Crippen LogP contribution is 2.27. The molecule has 32 heavy (non-hydrogen) atoms. The second-order valence-corrected chi connectivity index (χ2v) is 7.08. The largest absolute Gasteiger partial charge is 0.481 e. The average Bonchev–Trinajstić information content (AvgIpc) is 2.81. The first-order chi connectivity index (χ1) is 15.6. The molecule has 2 rings (SSSR count). The van der Waals surface area contributed by atoms with E-state index < -0.39 is 5.97 Å². The summed E-state index contributed by atoms with van der Waals surface area (Å²) in [6.45, 7) is 6.37. The molecule has 0 aliphatic heterocycles. The SMILES string of the molecule is C=C/C(=C\C=C/C)N(c1ccccc1)c1ncc(C(=O)NCCCCCCC(=O)O)cn1. The number of para-hydroxylation sites is 1. The van der Waals surface area contributed by atoms with Crippen LogP contribution in [0, 0.1) is 0 Å². The van der Waals surface area contributed by atoms with Gasteiger partial charge in [0.05, 0.1) is 5.56 Å². The number of carboxylic acid groups (broad SMARTS) is 1. The van der Waals surface area contributed by atoms with Crippen molar-refractivity contribution in [2.24, 2.45) is 0 Å². The number of anilines is 2. The molecule has 0 radical (unpaired) electrons. The van der Waals surface area contributed by atoms with E-state index in [1.54, 1.807) is 6.08 Å². The number of aromatic nitrogens is 2. The molecular weight excluding hydrogens is 404 g/mol. The molecule has 0 atom stereocenters. The van der Waals surface area contributed by atoms with Crippen LogP contribution in [0.2, 0.25) is 0 Å². The summed E-state index contributed by atoms with van der Waals surface area (Å²) < 4.78 is 0. The molecule has 0 spiro atoms. The van der Waals surface area contributed by atoms with E-state index in [1.807, 2.05) is 60.4 Å². The summed E-state index contributed by atoms with van der Waals surface area (Å²) >= 11 is 0. The van der Waals surface area contributed by atoms with Gasteiger partial charge in [-0.15, -0.1) is 0 Å². The predicted molar refractivity (Wildman–Crippen MR) is 127 cm³/mol. The van der Waals surface area contributed by atoms with E-state index in [0.29, 0.717) is 24.5 Å². The Labute approximate surface area is 189 Å². The first-order valence-electron chi connectivity index (χ1n) is 10.7. The summed E-state index contributed by atoms with van der Waals surface area (Å²) in [6, 6.07) is 9.71. The van der Waals surface area contributed by atoms with Gasteiger partial charge in [-0.3, -0.25) is 14.5 Å². The molecule has 1 heterocycles. The van der Waals surface area contributed by atoms with Gasteiger partial charge < -0.3 is 10.4 Å². The van der Waals surface area contributed by atoms with E-state index in [9.17, 15) is 9.59 Å². The molecule has 0 fully saturated rings. The molecule has 1 amide bonds. The number of unbranched alkanes of at least 4 members (excludes halogenated alkanes) is 3. The van der Waals surface area contributed by atoms with Gasteiger partial charge in [-0.05, 0) is 44.1 Å². The van der Waals surface area contributed by atoms with Crippen molar-refractivity contribution in [3.8, 4) is 0 Å². The molecule has 1 aromatic heterocycles. The van der Waals surface area contributed by atoms with E-state index >= 15 is 0 Å². The highest BCUT2D eigenvalue weighted by atomic mass is 16.4. The van der Waals surface area contributed by atoms with Crippen LogP contribution in [0.3, 0.4) is 0 Å². The first kappa shape index (κ1) is 24.5. The summed E-state index contributed by atoms with van der Waals surface area (Å²) in [7, 11) is 0. The third-order valence-corrected chi connectivity index (χ3v) is 4.64. The number of allylic oxidation sites excluding steroid dienone is 4. The molecule has 2 aromatic rings. The van der Waals surface area contributed by atoms with Gasteiger partial charge in [0.1, 0.15) is 0 Å². The second-order valence-electron chi connectivity index (χ2n) is 7.08. The zero-order chi connectivity index (χ0) is 23.2. The molecule has 0 saturated heterocycles. The standard InChI is InChI=1S/C25H30N4O3/c1-3-5-13-21(4-2)29(22-14-9-8-10-15-22)25-27-18-20(19-28-25)24(32)26-17-12-7-6-11-16-23(30)31/h3-5,8-10,13-15,18-19H,2,6-7,11-12,16-17H2,1H3,(H,26,32)(H,30,31)/b5-3-,21-13+. The van der Waals surface area contributed by atoms with Gasteiger partial charge in [-0.25, -0.2) is 9.97 Å². The summed E-state index contributed by atoms with van der Waals surface area (Å²) in [6.07, 6.45) is 13.9. The van der Waals surface area contributed by atoms with Crippen LogP contribution in [-0.2, 0) is 4.79 Å². The minimum Gasteiger partial charge on any atom is -0.481 e. The van der Waals surface area contributed by atoms with Crippen molar-refractivity contribution >= 4 is 23.5 Å². The van der Waals surface area contributed by atoms with Crippen LogP contribution in [0.4, 0.5) is 11.6 Å².